The molecule has 23 heavy (non-hydrogen) atoms. The lowest BCUT2D eigenvalue weighted by Gasteiger charge is -2.18. The number of nitrogens with one attached hydrogen (secondary N) is 1. The number of aromatic nitrogens is 3. The number of nitrogens with zero attached hydrogens (tertiary/aromatic N) is 3. The van der Waals surface area contributed by atoms with E-state index in [-0.39, 0.29) is 6.04 Å². The fraction of sp³-hybridized carbons (Fsp3) is 0.167. The number of rotatable bonds is 3. The maximum atomic E-state index is 10.3. The van der Waals surface area contributed by atoms with Gasteiger partial charge in [0.15, 0.2) is 0 Å². The average molecular weight is 304 g/mol. The fourth-order valence-electron chi connectivity index (χ4n) is 2.99. The Bertz CT molecular complexity index is 822. The van der Waals surface area contributed by atoms with E-state index in [1.807, 2.05) is 42.5 Å². The Morgan fingerprint density at radius 1 is 1.04 bits per heavy atom. The van der Waals surface area contributed by atoms with Crippen LogP contribution >= 0.6 is 0 Å². The van der Waals surface area contributed by atoms with Gasteiger partial charge in [-0.2, -0.15) is 0 Å². The van der Waals surface area contributed by atoms with E-state index in [0.717, 1.165) is 16.8 Å². The third-order valence-corrected chi connectivity index (χ3v) is 4.10. The molecule has 2 atom stereocenters. The number of pyridine rings is 1. The van der Waals surface area contributed by atoms with Crippen molar-refractivity contribution in [1.82, 2.24) is 15.0 Å². The number of hydrogen-bond donors (Lipinski definition) is 2. The standard InChI is InChI=1S/C18H16N4O/c23-16-10-12-4-1-2-6-14(12)17(16)22-18-20-9-7-15(21-18)13-5-3-8-19-11-13/h1-9,11,16-17,23H,10H2,(H,20,21,22)/t16-,17+/m0/s1. The summed E-state index contributed by atoms with van der Waals surface area (Å²) in [6, 6.07) is 13.6. The monoisotopic (exact) mass is 304 g/mol. The minimum atomic E-state index is -0.474. The second-order valence-electron chi connectivity index (χ2n) is 5.60. The largest absolute Gasteiger partial charge is 0.390 e. The van der Waals surface area contributed by atoms with Crippen molar-refractivity contribution in [1.29, 1.82) is 0 Å². The Morgan fingerprint density at radius 3 is 2.83 bits per heavy atom. The maximum absolute atomic E-state index is 10.3. The van der Waals surface area contributed by atoms with Crippen molar-refractivity contribution in [2.75, 3.05) is 5.32 Å². The Hall–Kier alpha value is -2.79. The van der Waals surface area contributed by atoms with E-state index in [1.165, 1.54) is 5.56 Å². The van der Waals surface area contributed by atoms with Crippen LogP contribution in [0.15, 0.2) is 61.1 Å². The molecule has 0 aliphatic heterocycles. The van der Waals surface area contributed by atoms with Crippen LogP contribution in [0.1, 0.15) is 17.2 Å². The van der Waals surface area contributed by atoms with Crippen LogP contribution in [-0.4, -0.2) is 26.2 Å². The van der Waals surface area contributed by atoms with Crippen LogP contribution in [0.25, 0.3) is 11.3 Å². The third-order valence-electron chi connectivity index (χ3n) is 4.10. The molecule has 1 aliphatic rings. The van der Waals surface area contributed by atoms with Crippen molar-refractivity contribution in [3.8, 4) is 11.3 Å². The first-order valence-corrected chi connectivity index (χ1v) is 7.57. The van der Waals surface area contributed by atoms with Crippen molar-refractivity contribution in [3.05, 3.63) is 72.2 Å². The number of aliphatic hydroxyl groups excluding tert-OH is 1. The summed E-state index contributed by atoms with van der Waals surface area (Å²) in [6.45, 7) is 0. The molecular weight excluding hydrogens is 288 g/mol. The molecule has 5 nitrogen and oxygen atoms in total. The molecule has 0 unspecified atom stereocenters. The van der Waals surface area contributed by atoms with Crippen molar-refractivity contribution in [3.63, 3.8) is 0 Å². The molecule has 2 aromatic heterocycles. The lowest BCUT2D eigenvalue weighted by molar-refractivity contribution is 0.165. The predicted octanol–water partition coefficient (Wildman–Crippen LogP) is 2.61. The highest BCUT2D eigenvalue weighted by atomic mass is 16.3. The first-order chi connectivity index (χ1) is 11.3. The van der Waals surface area contributed by atoms with E-state index in [4.69, 9.17) is 0 Å². The van der Waals surface area contributed by atoms with Crippen LogP contribution in [0.2, 0.25) is 0 Å². The molecule has 0 saturated carbocycles. The first kappa shape index (κ1) is 13.8. The molecular formula is C18H16N4O. The van der Waals surface area contributed by atoms with Crippen LogP contribution in [0, 0.1) is 0 Å². The van der Waals surface area contributed by atoms with Gasteiger partial charge < -0.3 is 10.4 Å². The topological polar surface area (TPSA) is 70.9 Å². The summed E-state index contributed by atoms with van der Waals surface area (Å²) in [5.41, 5.74) is 4.01. The number of fused-ring (bicyclic) bond motifs is 1. The van der Waals surface area contributed by atoms with Crippen molar-refractivity contribution >= 4 is 5.95 Å². The molecule has 114 valence electrons. The summed E-state index contributed by atoms with van der Waals surface area (Å²) in [7, 11) is 0. The van der Waals surface area contributed by atoms with Gasteiger partial charge in [0.05, 0.1) is 17.8 Å². The van der Waals surface area contributed by atoms with Crippen LogP contribution in [0.3, 0.4) is 0 Å². The summed E-state index contributed by atoms with van der Waals surface area (Å²) in [5, 5.41) is 13.6. The van der Waals surface area contributed by atoms with Gasteiger partial charge in [0, 0.05) is 30.6 Å². The van der Waals surface area contributed by atoms with Crippen LogP contribution in [0.5, 0.6) is 0 Å². The van der Waals surface area contributed by atoms with Crippen molar-refractivity contribution in [2.45, 2.75) is 18.6 Å². The van der Waals surface area contributed by atoms with E-state index in [2.05, 4.69) is 20.3 Å². The normalized spacial score (nSPS) is 19.3. The second-order valence-corrected chi connectivity index (χ2v) is 5.60. The molecule has 2 N–H and O–H groups in total. The van der Waals surface area contributed by atoms with Crippen LogP contribution < -0.4 is 5.32 Å². The van der Waals surface area contributed by atoms with Gasteiger partial charge in [-0.25, -0.2) is 9.97 Å². The van der Waals surface area contributed by atoms with Gasteiger partial charge in [0.25, 0.3) is 0 Å². The highest BCUT2D eigenvalue weighted by Crippen LogP contribution is 2.33. The summed E-state index contributed by atoms with van der Waals surface area (Å²) in [4.78, 5) is 12.9. The van der Waals surface area contributed by atoms with Gasteiger partial charge in [-0.1, -0.05) is 24.3 Å². The van der Waals surface area contributed by atoms with E-state index in [9.17, 15) is 5.11 Å². The van der Waals surface area contributed by atoms with E-state index < -0.39 is 6.10 Å². The Labute approximate surface area is 134 Å². The number of aliphatic hydroxyl groups is 1. The lowest BCUT2D eigenvalue weighted by Crippen LogP contribution is -2.22. The van der Waals surface area contributed by atoms with Gasteiger partial charge >= 0.3 is 0 Å². The van der Waals surface area contributed by atoms with Gasteiger partial charge in [-0.15, -0.1) is 0 Å². The van der Waals surface area contributed by atoms with Gasteiger partial charge in [-0.3, -0.25) is 4.98 Å². The molecule has 1 aromatic carbocycles. The van der Waals surface area contributed by atoms with E-state index in [0.29, 0.717) is 12.4 Å². The predicted molar refractivity (Wildman–Crippen MR) is 87.8 cm³/mol. The number of benzene rings is 1. The molecule has 5 heteroatoms. The van der Waals surface area contributed by atoms with E-state index in [1.54, 1.807) is 18.6 Å². The molecule has 2 heterocycles. The second kappa shape index (κ2) is 5.78. The molecule has 1 aliphatic carbocycles. The highest BCUT2D eigenvalue weighted by molar-refractivity contribution is 5.58. The quantitative estimate of drug-likeness (QED) is 0.778. The zero-order chi connectivity index (χ0) is 15.6. The zero-order valence-corrected chi connectivity index (χ0v) is 12.4. The molecule has 0 amide bonds. The number of hydrogen-bond acceptors (Lipinski definition) is 5. The van der Waals surface area contributed by atoms with Gasteiger partial charge in [-0.05, 0) is 29.3 Å². The van der Waals surface area contributed by atoms with Crippen LogP contribution in [-0.2, 0) is 6.42 Å². The Morgan fingerprint density at radius 2 is 1.96 bits per heavy atom. The molecule has 0 radical (unpaired) electrons. The molecule has 0 fully saturated rings. The Kier molecular flexibility index (Phi) is 3.48. The summed E-state index contributed by atoms with van der Waals surface area (Å²) in [5.74, 6) is 0.507. The fourth-order valence-corrected chi connectivity index (χ4v) is 2.99. The molecule has 0 bridgehead atoms. The van der Waals surface area contributed by atoms with Crippen LogP contribution in [0.4, 0.5) is 5.95 Å². The summed E-state index contributed by atoms with van der Waals surface area (Å²) in [6.07, 6.45) is 5.39. The molecule has 0 saturated heterocycles. The van der Waals surface area contributed by atoms with Gasteiger partial charge in [0.1, 0.15) is 0 Å². The van der Waals surface area contributed by atoms with Crippen molar-refractivity contribution in [2.24, 2.45) is 0 Å². The average Bonchev–Trinajstić information content (AvgIpc) is 2.92. The smallest absolute Gasteiger partial charge is 0.223 e. The first-order valence-electron chi connectivity index (χ1n) is 7.57. The lowest BCUT2D eigenvalue weighted by atomic mass is 10.1. The minimum absolute atomic E-state index is 0.185. The van der Waals surface area contributed by atoms with Crippen molar-refractivity contribution < 1.29 is 5.11 Å². The summed E-state index contributed by atoms with van der Waals surface area (Å²) >= 11 is 0. The number of anilines is 1. The highest BCUT2D eigenvalue weighted by Gasteiger charge is 2.31. The van der Waals surface area contributed by atoms with E-state index >= 15 is 0 Å². The molecule has 0 spiro atoms. The minimum Gasteiger partial charge on any atom is -0.390 e. The summed E-state index contributed by atoms with van der Waals surface area (Å²) < 4.78 is 0. The molecule has 4 rings (SSSR count). The Balaban J connectivity index is 1.63. The SMILES string of the molecule is O[C@H]1Cc2ccccc2[C@H]1Nc1nccc(-c2cccnc2)n1. The third kappa shape index (κ3) is 2.66. The van der Waals surface area contributed by atoms with Gasteiger partial charge in [0.2, 0.25) is 5.95 Å². The zero-order valence-electron chi connectivity index (χ0n) is 12.4. The maximum Gasteiger partial charge on any atom is 0.223 e. The molecule has 3 aromatic rings.